The van der Waals surface area contributed by atoms with E-state index < -0.39 is 15.7 Å². The summed E-state index contributed by atoms with van der Waals surface area (Å²) in [5.74, 6) is -0.718. The molecule has 0 spiro atoms. The van der Waals surface area contributed by atoms with Gasteiger partial charge in [0.1, 0.15) is 4.91 Å². The number of benzene rings is 3. The standard InChI is InChI=1S/C30H23BrN4O3S/c31-25-13-11-23(12-14-25)29-24(21-35(34-29)26-7-3-1-4-8-26)19-28(39(37,38)27-9-5-2-6-10-27)30(36)33-20-22-15-17-32-18-16-22/h1-19,21H,20H2,(H,33,36). The second kappa shape index (κ2) is 11.6. The molecule has 1 amide bonds. The molecule has 0 bridgehead atoms. The Morgan fingerprint density at radius 1 is 0.872 bits per heavy atom. The van der Waals surface area contributed by atoms with Gasteiger partial charge in [-0.3, -0.25) is 9.78 Å². The SMILES string of the molecule is O=C(NCc1ccncc1)C(=Cc1cn(-c2ccccc2)nc1-c1ccc(Br)cc1)S(=O)(=O)c1ccccc1. The van der Waals surface area contributed by atoms with Gasteiger partial charge in [0.05, 0.1) is 16.3 Å². The van der Waals surface area contributed by atoms with E-state index in [1.807, 2.05) is 54.6 Å². The summed E-state index contributed by atoms with van der Waals surface area (Å²) < 4.78 is 30.1. The van der Waals surface area contributed by atoms with Crippen molar-refractivity contribution in [1.29, 1.82) is 0 Å². The molecule has 0 aliphatic heterocycles. The maximum absolute atomic E-state index is 13.8. The van der Waals surface area contributed by atoms with Gasteiger partial charge in [0, 0.05) is 40.7 Å². The lowest BCUT2D eigenvalue weighted by Gasteiger charge is -2.11. The maximum Gasteiger partial charge on any atom is 0.263 e. The molecule has 0 radical (unpaired) electrons. The summed E-state index contributed by atoms with van der Waals surface area (Å²) in [5, 5.41) is 7.52. The predicted molar refractivity (Wildman–Crippen MR) is 154 cm³/mol. The number of aromatic nitrogens is 3. The first kappa shape index (κ1) is 26.3. The first-order chi connectivity index (χ1) is 18.9. The Balaban J connectivity index is 1.64. The van der Waals surface area contributed by atoms with E-state index in [9.17, 15) is 13.2 Å². The number of para-hydroxylation sites is 1. The van der Waals surface area contributed by atoms with Gasteiger partial charge >= 0.3 is 0 Å². The Bertz CT molecular complexity index is 1720. The van der Waals surface area contributed by atoms with Crippen LogP contribution in [0.25, 0.3) is 23.0 Å². The van der Waals surface area contributed by atoms with E-state index in [0.29, 0.717) is 11.3 Å². The van der Waals surface area contributed by atoms with E-state index in [2.05, 4.69) is 26.2 Å². The van der Waals surface area contributed by atoms with Crippen LogP contribution in [0.1, 0.15) is 11.1 Å². The molecule has 0 saturated carbocycles. The lowest BCUT2D eigenvalue weighted by Crippen LogP contribution is -2.28. The lowest BCUT2D eigenvalue weighted by atomic mass is 10.1. The Morgan fingerprint density at radius 3 is 2.18 bits per heavy atom. The van der Waals surface area contributed by atoms with Crippen molar-refractivity contribution in [3.05, 3.63) is 136 Å². The molecule has 0 saturated heterocycles. The largest absolute Gasteiger partial charge is 0.347 e. The second-order valence-electron chi connectivity index (χ2n) is 8.58. The zero-order valence-electron chi connectivity index (χ0n) is 20.6. The van der Waals surface area contributed by atoms with Gasteiger partial charge < -0.3 is 5.32 Å². The van der Waals surface area contributed by atoms with Crippen molar-refractivity contribution in [3.8, 4) is 16.9 Å². The highest BCUT2D eigenvalue weighted by Crippen LogP contribution is 2.29. The highest BCUT2D eigenvalue weighted by atomic mass is 79.9. The van der Waals surface area contributed by atoms with Crippen molar-refractivity contribution < 1.29 is 13.2 Å². The summed E-state index contributed by atoms with van der Waals surface area (Å²) in [6, 6.07) is 28.4. The molecule has 0 aliphatic carbocycles. The molecule has 0 aliphatic rings. The molecule has 39 heavy (non-hydrogen) atoms. The first-order valence-electron chi connectivity index (χ1n) is 12.0. The molecule has 5 rings (SSSR count). The summed E-state index contributed by atoms with van der Waals surface area (Å²) in [6.07, 6.45) is 6.35. The van der Waals surface area contributed by atoms with Crippen LogP contribution in [-0.4, -0.2) is 29.1 Å². The van der Waals surface area contributed by atoms with E-state index in [0.717, 1.165) is 21.3 Å². The summed E-state index contributed by atoms with van der Waals surface area (Å²) >= 11 is 3.45. The molecule has 9 heteroatoms. The minimum absolute atomic E-state index is 0.0240. The Labute approximate surface area is 234 Å². The van der Waals surface area contributed by atoms with Crippen molar-refractivity contribution in [3.63, 3.8) is 0 Å². The van der Waals surface area contributed by atoms with Crippen molar-refractivity contribution in [1.82, 2.24) is 20.1 Å². The van der Waals surface area contributed by atoms with E-state index in [4.69, 9.17) is 5.10 Å². The number of halogens is 1. The van der Waals surface area contributed by atoms with Crippen LogP contribution in [0.4, 0.5) is 0 Å². The fraction of sp³-hybridized carbons (Fsp3) is 0.0333. The topological polar surface area (TPSA) is 93.9 Å². The van der Waals surface area contributed by atoms with Gasteiger partial charge in [-0.1, -0.05) is 64.5 Å². The predicted octanol–water partition coefficient (Wildman–Crippen LogP) is 5.83. The van der Waals surface area contributed by atoms with Gasteiger partial charge in [0.2, 0.25) is 9.84 Å². The molecule has 1 N–H and O–H groups in total. The normalized spacial score (nSPS) is 11.8. The number of nitrogens with zero attached hydrogens (tertiary/aromatic N) is 3. The van der Waals surface area contributed by atoms with Crippen molar-refractivity contribution >= 4 is 37.8 Å². The number of amides is 1. The van der Waals surface area contributed by atoms with E-state index in [-0.39, 0.29) is 16.3 Å². The summed E-state index contributed by atoms with van der Waals surface area (Å²) in [5.41, 5.74) is 3.38. The average Bonchev–Trinajstić information content (AvgIpc) is 3.40. The van der Waals surface area contributed by atoms with Crippen LogP contribution in [0.2, 0.25) is 0 Å². The van der Waals surface area contributed by atoms with Crippen molar-refractivity contribution in [2.75, 3.05) is 0 Å². The Morgan fingerprint density at radius 2 is 1.51 bits per heavy atom. The van der Waals surface area contributed by atoms with Crippen LogP contribution in [0.5, 0.6) is 0 Å². The fourth-order valence-corrected chi connectivity index (χ4v) is 5.57. The molecule has 2 heterocycles. The molecule has 3 aromatic carbocycles. The van der Waals surface area contributed by atoms with Crippen LogP contribution < -0.4 is 5.32 Å². The minimum Gasteiger partial charge on any atom is -0.347 e. The molecular formula is C30H23BrN4O3S. The molecule has 7 nitrogen and oxygen atoms in total. The molecule has 0 fully saturated rings. The maximum atomic E-state index is 13.8. The highest BCUT2D eigenvalue weighted by Gasteiger charge is 2.28. The average molecular weight is 600 g/mol. The van der Waals surface area contributed by atoms with Gasteiger partial charge in [-0.2, -0.15) is 5.10 Å². The molecular weight excluding hydrogens is 576 g/mol. The van der Waals surface area contributed by atoms with Crippen LogP contribution in [0, 0.1) is 0 Å². The minimum atomic E-state index is -4.17. The summed E-state index contributed by atoms with van der Waals surface area (Å²) in [4.78, 5) is 17.1. The zero-order chi connectivity index (χ0) is 27.2. The molecule has 5 aromatic rings. The third-order valence-corrected chi connectivity index (χ3v) is 8.24. The van der Waals surface area contributed by atoms with Crippen molar-refractivity contribution in [2.45, 2.75) is 11.4 Å². The van der Waals surface area contributed by atoms with Crippen LogP contribution in [0.3, 0.4) is 0 Å². The van der Waals surface area contributed by atoms with E-state index >= 15 is 0 Å². The van der Waals surface area contributed by atoms with Crippen LogP contribution in [0.15, 0.2) is 130 Å². The number of hydrogen-bond acceptors (Lipinski definition) is 5. The fourth-order valence-electron chi connectivity index (χ4n) is 3.94. The van der Waals surface area contributed by atoms with Gasteiger partial charge in [0.15, 0.2) is 0 Å². The van der Waals surface area contributed by atoms with Gasteiger partial charge in [-0.25, -0.2) is 13.1 Å². The van der Waals surface area contributed by atoms with Crippen LogP contribution in [-0.2, 0) is 21.2 Å². The monoisotopic (exact) mass is 598 g/mol. The Kier molecular flexibility index (Phi) is 7.81. The second-order valence-corrected chi connectivity index (χ2v) is 11.4. The molecule has 2 aromatic heterocycles. The summed E-state index contributed by atoms with van der Waals surface area (Å²) in [6.45, 7) is 0.145. The quantitative estimate of drug-likeness (QED) is 0.227. The third kappa shape index (κ3) is 6.05. The van der Waals surface area contributed by atoms with Crippen LogP contribution >= 0.6 is 15.9 Å². The van der Waals surface area contributed by atoms with E-state index in [1.165, 1.54) is 18.2 Å². The Hall–Kier alpha value is -4.34. The number of hydrogen-bond donors (Lipinski definition) is 1. The number of carbonyl (C=O) groups excluding carboxylic acids is 1. The number of pyridine rings is 1. The summed E-state index contributed by atoms with van der Waals surface area (Å²) in [7, 11) is -4.17. The lowest BCUT2D eigenvalue weighted by molar-refractivity contribution is -0.116. The van der Waals surface area contributed by atoms with Gasteiger partial charge in [-0.05, 0) is 60.2 Å². The smallest absolute Gasteiger partial charge is 0.263 e. The molecule has 0 atom stereocenters. The highest BCUT2D eigenvalue weighted by molar-refractivity contribution is 9.10. The third-order valence-electron chi connectivity index (χ3n) is 5.94. The zero-order valence-corrected chi connectivity index (χ0v) is 23.0. The van der Waals surface area contributed by atoms with Crippen molar-refractivity contribution in [2.24, 2.45) is 0 Å². The van der Waals surface area contributed by atoms with Gasteiger partial charge in [-0.15, -0.1) is 0 Å². The number of rotatable bonds is 8. The molecule has 0 unspecified atom stereocenters. The van der Waals surface area contributed by atoms with Gasteiger partial charge in [0.25, 0.3) is 5.91 Å². The first-order valence-corrected chi connectivity index (χ1v) is 14.3. The molecule has 194 valence electrons. The number of sulfone groups is 1. The van der Waals surface area contributed by atoms with E-state index in [1.54, 1.807) is 53.6 Å². The number of nitrogens with one attached hydrogen (secondary N) is 1. The number of carbonyl (C=O) groups is 1.